The minimum Gasteiger partial charge on any atom is -0.444 e. The van der Waals surface area contributed by atoms with E-state index >= 15 is 0 Å². The quantitative estimate of drug-likeness (QED) is 0.766. The number of hydrogen-bond donors (Lipinski definition) is 3. The fourth-order valence-corrected chi connectivity index (χ4v) is 1.80. The molecule has 0 saturated carbocycles. The predicted molar refractivity (Wildman–Crippen MR) is 89.7 cm³/mol. The van der Waals surface area contributed by atoms with E-state index in [4.69, 9.17) is 9.47 Å². The van der Waals surface area contributed by atoms with Crippen molar-refractivity contribution >= 4 is 23.5 Å². The van der Waals surface area contributed by atoms with Crippen LogP contribution in [0, 0.1) is 5.82 Å². The van der Waals surface area contributed by atoms with E-state index in [-0.39, 0.29) is 11.7 Å². The number of nitrogens with one attached hydrogen (secondary N) is 3. The number of rotatable bonds is 5. The number of urea groups is 1. The number of ether oxygens (including phenoxy) is 2. The third-order valence-electron chi connectivity index (χ3n) is 2.65. The molecule has 0 aromatic heterocycles. The lowest BCUT2D eigenvalue weighted by Crippen LogP contribution is -2.38. The second kappa shape index (κ2) is 8.49. The predicted octanol–water partition coefficient (Wildman–Crippen LogP) is 3.33. The highest BCUT2D eigenvalue weighted by Crippen LogP contribution is 2.20. The molecule has 1 aromatic carbocycles. The lowest BCUT2D eigenvalue weighted by molar-refractivity contribution is 0.0635. The van der Waals surface area contributed by atoms with E-state index in [1.807, 2.05) is 0 Å². The Morgan fingerprint density at radius 2 is 1.92 bits per heavy atom. The van der Waals surface area contributed by atoms with E-state index in [2.05, 4.69) is 16.0 Å². The monoisotopic (exact) mass is 341 g/mol. The number of halogens is 1. The zero-order valence-electron chi connectivity index (χ0n) is 14.5. The van der Waals surface area contributed by atoms with Crippen LogP contribution < -0.4 is 16.0 Å². The van der Waals surface area contributed by atoms with Crippen molar-refractivity contribution in [1.29, 1.82) is 0 Å². The second-order valence-corrected chi connectivity index (χ2v) is 6.28. The number of anilines is 2. The molecule has 0 spiro atoms. The molecule has 8 heteroatoms. The molecule has 0 heterocycles. The van der Waals surface area contributed by atoms with Gasteiger partial charge < -0.3 is 20.1 Å². The lowest BCUT2D eigenvalue weighted by Gasteiger charge is -2.20. The van der Waals surface area contributed by atoms with Crippen LogP contribution in [0.4, 0.5) is 25.4 Å². The van der Waals surface area contributed by atoms with E-state index in [1.165, 1.54) is 19.2 Å². The van der Waals surface area contributed by atoms with Crippen molar-refractivity contribution in [3.05, 3.63) is 24.0 Å². The van der Waals surface area contributed by atoms with Crippen molar-refractivity contribution in [2.24, 2.45) is 0 Å². The van der Waals surface area contributed by atoms with E-state index in [1.54, 1.807) is 27.7 Å². The molecule has 1 aromatic rings. The molecule has 134 valence electrons. The van der Waals surface area contributed by atoms with Gasteiger partial charge in [-0.1, -0.05) is 0 Å². The van der Waals surface area contributed by atoms with Gasteiger partial charge >= 0.3 is 12.1 Å². The van der Waals surface area contributed by atoms with Crippen molar-refractivity contribution in [3.63, 3.8) is 0 Å². The van der Waals surface area contributed by atoms with Crippen LogP contribution in [0.5, 0.6) is 0 Å². The molecule has 24 heavy (non-hydrogen) atoms. The van der Waals surface area contributed by atoms with Gasteiger partial charge in [0.2, 0.25) is 0 Å². The minimum absolute atomic E-state index is 0.0908. The van der Waals surface area contributed by atoms with Gasteiger partial charge in [0, 0.05) is 12.8 Å². The second-order valence-electron chi connectivity index (χ2n) is 6.28. The maximum absolute atomic E-state index is 13.8. The number of amides is 3. The maximum atomic E-state index is 13.8. The summed E-state index contributed by atoms with van der Waals surface area (Å²) in [5, 5.41) is 7.52. The van der Waals surface area contributed by atoms with Gasteiger partial charge in [0.05, 0.1) is 18.3 Å². The summed E-state index contributed by atoms with van der Waals surface area (Å²) in [5.74, 6) is -0.639. The molecule has 0 bridgehead atoms. The van der Waals surface area contributed by atoms with Crippen molar-refractivity contribution in [2.75, 3.05) is 24.4 Å². The number of hydrogen-bond acceptors (Lipinski definition) is 4. The molecule has 0 radical (unpaired) electrons. The molecule has 1 atom stereocenters. The topological polar surface area (TPSA) is 88.7 Å². The lowest BCUT2D eigenvalue weighted by atomic mass is 10.2. The highest BCUT2D eigenvalue weighted by molar-refractivity contribution is 5.91. The fraction of sp³-hybridized carbons (Fsp3) is 0.500. The Bertz CT molecular complexity index is 587. The van der Waals surface area contributed by atoms with Crippen molar-refractivity contribution in [2.45, 2.75) is 39.3 Å². The summed E-state index contributed by atoms with van der Waals surface area (Å²) in [5.41, 5.74) is -0.468. The summed E-state index contributed by atoms with van der Waals surface area (Å²) in [6.07, 6.45) is -0.781. The zero-order chi connectivity index (χ0) is 18.3. The van der Waals surface area contributed by atoms with Gasteiger partial charge in [-0.2, -0.15) is 0 Å². The molecule has 0 fully saturated rings. The molecule has 0 saturated heterocycles. The molecule has 3 N–H and O–H groups in total. The van der Waals surface area contributed by atoms with Gasteiger partial charge in [-0.05, 0) is 45.9 Å². The number of methoxy groups -OCH3 is 1. The molecule has 1 unspecified atom stereocenters. The van der Waals surface area contributed by atoms with Crippen molar-refractivity contribution in [1.82, 2.24) is 5.32 Å². The van der Waals surface area contributed by atoms with Gasteiger partial charge in [0.25, 0.3) is 0 Å². The smallest absolute Gasteiger partial charge is 0.412 e. The van der Waals surface area contributed by atoms with Gasteiger partial charge in [0.1, 0.15) is 11.4 Å². The Morgan fingerprint density at radius 3 is 2.50 bits per heavy atom. The summed E-state index contributed by atoms with van der Waals surface area (Å²) in [6.45, 7) is 7.25. The summed E-state index contributed by atoms with van der Waals surface area (Å²) >= 11 is 0. The van der Waals surface area contributed by atoms with Crippen LogP contribution in [0.1, 0.15) is 27.7 Å². The fourth-order valence-electron chi connectivity index (χ4n) is 1.80. The third-order valence-corrected chi connectivity index (χ3v) is 2.65. The molecular formula is C16H24FN3O4. The Kier molecular flexibility index (Phi) is 6.97. The maximum Gasteiger partial charge on any atom is 0.412 e. The Hall–Kier alpha value is -2.35. The van der Waals surface area contributed by atoms with Crippen molar-refractivity contribution in [3.8, 4) is 0 Å². The standard InChI is InChI=1S/C16H24FN3O4/c1-10(9-23-5)18-14(21)19-11-6-7-12(17)13(8-11)20-15(22)24-16(2,3)4/h6-8,10H,9H2,1-5H3,(H,20,22)(H2,18,19,21). The first kappa shape index (κ1) is 19.7. The SMILES string of the molecule is COCC(C)NC(=O)Nc1ccc(F)c(NC(=O)OC(C)(C)C)c1. The van der Waals surface area contributed by atoms with E-state index in [9.17, 15) is 14.0 Å². The summed E-state index contributed by atoms with van der Waals surface area (Å²) < 4.78 is 23.8. The molecule has 0 aliphatic carbocycles. The number of carbonyl (C=O) groups excluding carboxylic acids is 2. The van der Waals surface area contributed by atoms with Crippen LogP contribution in [-0.2, 0) is 9.47 Å². The largest absolute Gasteiger partial charge is 0.444 e. The van der Waals surface area contributed by atoms with Crippen molar-refractivity contribution < 1.29 is 23.5 Å². The normalized spacial score (nSPS) is 12.2. The average molecular weight is 341 g/mol. The van der Waals surface area contributed by atoms with Crippen LogP contribution in [0.2, 0.25) is 0 Å². The number of benzene rings is 1. The van der Waals surface area contributed by atoms with Crippen LogP contribution in [0.15, 0.2) is 18.2 Å². The van der Waals surface area contributed by atoms with Gasteiger partial charge in [-0.15, -0.1) is 0 Å². The first-order valence-electron chi connectivity index (χ1n) is 7.46. The van der Waals surface area contributed by atoms with E-state index < -0.39 is 23.5 Å². The van der Waals surface area contributed by atoms with Crippen LogP contribution >= 0.6 is 0 Å². The summed E-state index contributed by atoms with van der Waals surface area (Å²) in [7, 11) is 1.53. The van der Waals surface area contributed by atoms with E-state index in [0.717, 1.165) is 6.07 Å². The average Bonchev–Trinajstić information content (AvgIpc) is 2.40. The molecule has 0 aliphatic rings. The highest BCUT2D eigenvalue weighted by atomic mass is 19.1. The molecule has 3 amide bonds. The minimum atomic E-state index is -0.781. The van der Waals surface area contributed by atoms with Gasteiger partial charge in [-0.25, -0.2) is 14.0 Å². The summed E-state index contributed by atoms with van der Waals surface area (Å²) in [4.78, 5) is 23.5. The van der Waals surface area contributed by atoms with E-state index in [0.29, 0.717) is 12.3 Å². The molecule has 7 nitrogen and oxygen atoms in total. The van der Waals surface area contributed by atoms with Crippen LogP contribution in [-0.4, -0.2) is 37.5 Å². The number of carbonyl (C=O) groups is 2. The molecule has 0 aliphatic heterocycles. The van der Waals surface area contributed by atoms with Crippen LogP contribution in [0.3, 0.4) is 0 Å². The Morgan fingerprint density at radius 1 is 1.25 bits per heavy atom. The van der Waals surface area contributed by atoms with Crippen LogP contribution in [0.25, 0.3) is 0 Å². The molecule has 1 rings (SSSR count). The summed E-state index contributed by atoms with van der Waals surface area (Å²) in [6, 6.07) is 3.18. The zero-order valence-corrected chi connectivity index (χ0v) is 14.5. The van der Waals surface area contributed by atoms with Gasteiger partial charge in [-0.3, -0.25) is 5.32 Å². The Labute approximate surface area is 140 Å². The molecular weight excluding hydrogens is 317 g/mol. The first-order valence-corrected chi connectivity index (χ1v) is 7.46. The third kappa shape index (κ3) is 7.28. The highest BCUT2D eigenvalue weighted by Gasteiger charge is 2.18. The van der Waals surface area contributed by atoms with Gasteiger partial charge in [0.15, 0.2) is 0 Å². The Balaban J connectivity index is 2.72. The first-order chi connectivity index (χ1) is 11.1.